The molecule has 0 unspecified atom stereocenters. The summed E-state index contributed by atoms with van der Waals surface area (Å²) in [5.41, 5.74) is 7.36. The van der Waals surface area contributed by atoms with Crippen LogP contribution in [0.4, 0.5) is 5.82 Å². The molecule has 0 radical (unpaired) electrons. The van der Waals surface area contributed by atoms with E-state index in [2.05, 4.69) is 19.9 Å². The Hall–Kier alpha value is -2.50. The van der Waals surface area contributed by atoms with E-state index in [1.165, 1.54) is 6.33 Å². The number of hydrogen-bond donors (Lipinski definition) is 1. The van der Waals surface area contributed by atoms with Gasteiger partial charge in [0.05, 0.1) is 0 Å². The van der Waals surface area contributed by atoms with Crippen molar-refractivity contribution in [1.82, 2.24) is 19.9 Å². The van der Waals surface area contributed by atoms with Gasteiger partial charge in [-0.25, -0.2) is 9.97 Å². The van der Waals surface area contributed by atoms with Gasteiger partial charge in [-0.05, 0) is 12.1 Å². The largest absolute Gasteiger partial charge is 0.417 e. The van der Waals surface area contributed by atoms with Crippen molar-refractivity contribution in [2.24, 2.45) is 0 Å². The molecule has 3 aromatic heterocycles. The molecule has 78 valence electrons. The van der Waals surface area contributed by atoms with E-state index in [1.807, 2.05) is 0 Å². The Morgan fingerprint density at radius 3 is 2.69 bits per heavy atom. The Labute approximate surface area is 90.2 Å². The fourth-order valence-electron chi connectivity index (χ4n) is 1.39. The van der Waals surface area contributed by atoms with E-state index in [4.69, 9.17) is 10.2 Å². The van der Waals surface area contributed by atoms with Gasteiger partial charge in [0.1, 0.15) is 6.33 Å². The minimum Gasteiger partial charge on any atom is -0.417 e. The Kier molecular flexibility index (Phi) is 1.79. The summed E-state index contributed by atoms with van der Waals surface area (Å²) < 4.78 is 5.46. The lowest BCUT2D eigenvalue weighted by molar-refractivity contribution is 0.607. The molecule has 0 saturated carbocycles. The topological polar surface area (TPSA) is 90.7 Å². The van der Waals surface area contributed by atoms with Crippen LogP contribution in [0.3, 0.4) is 0 Å². The second-order valence-electron chi connectivity index (χ2n) is 3.17. The van der Waals surface area contributed by atoms with Crippen molar-refractivity contribution >= 4 is 17.0 Å². The number of rotatable bonds is 1. The minimum atomic E-state index is 0.314. The van der Waals surface area contributed by atoms with Crippen LogP contribution >= 0.6 is 0 Å². The van der Waals surface area contributed by atoms with Crippen molar-refractivity contribution in [2.75, 3.05) is 5.73 Å². The second kappa shape index (κ2) is 3.27. The highest BCUT2D eigenvalue weighted by Crippen LogP contribution is 2.23. The van der Waals surface area contributed by atoms with Crippen LogP contribution in [-0.2, 0) is 0 Å². The van der Waals surface area contributed by atoms with Crippen LogP contribution in [0.25, 0.3) is 22.7 Å². The first-order valence-corrected chi connectivity index (χ1v) is 4.62. The summed E-state index contributed by atoms with van der Waals surface area (Å²) in [6, 6.07) is 3.60. The molecule has 16 heavy (non-hydrogen) atoms. The molecule has 0 atom stereocenters. The van der Waals surface area contributed by atoms with Gasteiger partial charge in [-0.3, -0.25) is 4.98 Å². The molecular formula is C10H7N5O. The molecule has 0 bridgehead atoms. The summed E-state index contributed by atoms with van der Waals surface area (Å²) in [6.07, 6.45) is 4.68. The van der Waals surface area contributed by atoms with Crippen molar-refractivity contribution in [3.63, 3.8) is 0 Å². The number of hydrogen-bond acceptors (Lipinski definition) is 6. The first kappa shape index (κ1) is 8.78. The molecule has 0 aliphatic carbocycles. The van der Waals surface area contributed by atoms with Crippen LogP contribution < -0.4 is 5.73 Å². The lowest BCUT2D eigenvalue weighted by atomic mass is 10.3. The Balaban J connectivity index is 2.23. The molecule has 0 aliphatic heterocycles. The zero-order valence-corrected chi connectivity index (χ0v) is 8.16. The number of aromatic nitrogens is 4. The van der Waals surface area contributed by atoms with Crippen LogP contribution in [-0.4, -0.2) is 19.9 Å². The first-order chi connectivity index (χ1) is 7.84. The predicted molar refractivity (Wildman–Crippen MR) is 57.2 cm³/mol. The second-order valence-corrected chi connectivity index (χ2v) is 3.17. The summed E-state index contributed by atoms with van der Waals surface area (Å²) in [6.45, 7) is 0. The lowest BCUT2D eigenvalue weighted by Gasteiger charge is -1.90. The van der Waals surface area contributed by atoms with Gasteiger partial charge in [0.25, 0.3) is 5.71 Å². The van der Waals surface area contributed by atoms with Gasteiger partial charge in [-0.2, -0.15) is 4.98 Å². The SMILES string of the molecule is Nc1ncnc2oc(-c3ccncc3)nc12. The molecule has 6 heteroatoms. The van der Waals surface area contributed by atoms with Crippen molar-refractivity contribution < 1.29 is 4.42 Å². The third kappa shape index (κ3) is 1.28. The molecule has 0 aromatic carbocycles. The highest BCUT2D eigenvalue weighted by atomic mass is 16.4. The zero-order valence-electron chi connectivity index (χ0n) is 8.16. The van der Waals surface area contributed by atoms with Crippen molar-refractivity contribution in [2.45, 2.75) is 0 Å². The average Bonchev–Trinajstić information content (AvgIpc) is 2.76. The Bertz CT molecular complexity index is 634. The van der Waals surface area contributed by atoms with Crippen LogP contribution in [0.2, 0.25) is 0 Å². The monoisotopic (exact) mass is 213 g/mol. The van der Waals surface area contributed by atoms with Gasteiger partial charge >= 0.3 is 0 Å². The molecule has 0 spiro atoms. The average molecular weight is 213 g/mol. The van der Waals surface area contributed by atoms with E-state index in [-0.39, 0.29) is 0 Å². The molecule has 0 saturated heterocycles. The summed E-state index contributed by atoms with van der Waals surface area (Å²) in [4.78, 5) is 16.0. The molecule has 0 aliphatic rings. The van der Waals surface area contributed by atoms with Gasteiger partial charge < -0.3 is 10.2 Å². The molecule has 0 fully saturated rings. The maximum absolute atomic E-state index is 5.66. The van der Waals surface area contributed by atoms with E-state index in [9.17, 15) is 0 Å². The molecule has 0 amide bonds. The van der Waals surface area contributed by atoms with Gasteiger partial charge in [0.15, 0.2) is 11.3 Å². The van der Waals surface area contributed by atoms with Crippen LogP contribution in [0.5, 0.6) is 0 Å². The molecule has 3 heterocycles. The van der Waals surface area contributed by atoms with Crippen molar-refractivity contribution in [3.8, 4) is 11.5 Å². The standard InChI is InChI=1S/C10H7N5O/c11-8-7-10(14-5-13-8)16-9(15-7)6-1-3-12-4-2-6/h1-5H,(H2,11,13,14). The number of pyridine rings is 1. The molecule has 2 N–H and O–H groups in total. The number of fused-ring (bicyclic) bond motifs is 1. The summed E-state index contributed by atoms with van der Waals surface area (Å²) in [5, 5.41) is 0. The number of nitrogens with two attached hydrogens (primary N) is 1. The van der Waals surface area contributed by atoms with Crippen LogP contribution in [0.15, 0.2) is 35.3 Å². The highest BCUT2D eigenvalue weighted by molar-refractivity contribution is 5.81. The molecule has 3 rings (SSSR count). The highest BCUT2D eigenvalue weighted by Gasteiger charge is 2.11. The van der Waals surface area contributed by atoms with E-state index in [0.717, 1.165) is 5.56 Å². The fourth-order valence-corrected chi connectivity index (χ4v) is 1.39. The quantitative estimate of drug-likeness (QED) is 0.654. The Morgan fingerprint density at radius 1 is 1.12 bits per heavy atom. The first-order valence-electron chi connectivity index (χ1n) is 4.62. The maximum atomic E-state index is 5.66. The van der Waals surface area contributed by atoms with Gasteiger partial charge in [-0.15, -0.1) is 0 Å². The van der Waals surface area contributed by atoms with E-state index >= 15 is 0 Å². The normalized spacial score (nSPS) is 10.8. The fraction of sp³-hybridized carbons (Fsp3) is 0. The zero-order chi connectivity index (χ0) is 11.0. The van der Waals surface area contributed by atoms with Crippen molar-refractivity contribution in [1.29, 1.82) is 0 Å². The minimum absolute atomic E-state index is 0.314. The van der Waals surface area contributed by atoms with Gasteiger partial charge in [-0.1, -0.05) is 0 Å². The van der Waals surface area contributed by atoms with Crippen LogP contribution in [0, 0.1) is 0 Å². The number of nitrogens with zero attached hydrogens (tertiary/aromatic N) is 4. The Morgan fingerprint density at radius 2 is 1.94 bits per heavy atom. The van der Waals surface area contributed by atoms with E-state index < -0.39 is 0 Å². The maximum Gasteiger partial charge on any atom is 0.252 e. The number of anilines is 1. The number of oxazole rings is 1. The molecule has 6 nitrogen and oxygen atoms in total. The van der Waals surface area contributed by atoms with Gasteiger partial charge in [0.2, 0.25) is 5.89 Å². The number of nitrogen functional groups attached to an aromatic ring is 1. The van der Waals surface area contributed by atoms with Crippen molar-refractivity contribution in [3.05, 3.63) is 30.9 Å². The summed E-state index contributed by atoms with van der Waals surface area (Å²) in [5.74, 6) is 0.777. The molecular weight excluding hydrogens is 206 g/mol. The van der Waals surface area contributed by atoms with E-state index in [1.54, 1.807) is 24.5 Å². The molecule has 3 aromatic rings. The lowest BCUT2D eigenvalue weighted by Crippen LogP contribution is -1.91. The smallest absolute Gasteiger partial charge is 0.252 e. The summed E-state index contributed by atoms with van der Waals surface area (Å²) in [7, 11) is 0. The predicted octanol–water partition coefficient (Wildman–Crippen LogP) is 1.26. The summed E-state index contributed by atoms with van der Waals surface area (Å²) >= 11 is 0. The third-order valence-electron chi connectivity index (χ3n) is 2.15. The van der Waals surface area contributed by atoms with E-state index in [0.29, 0.717) is 22.9 Å². The van der Waals surface area contributed by atoms with Crippen LogP contribution in [0.1, 0.15) is 0 Å². The third-order valence-corrected chi connectivity index (χ3v) is 2.15. The van der Waals surface area contributed by atoms with Gasteiger partial charge in [0, 0.05) is 18.0 Å².